The van der Waals surface area contributed by atoms with Crippen LogP contribution in [0.4, 0.5) is 11.4 Å². The smallest absolute Gasteiger partial charge is 0.264 e. The highest BCUT2D eigenvalue weighted by Gasteiger charge is 2.36. The van der Waals surface area contributed by atoms with Crippen LogP contribution in [0.25, 0.3) is 22.2 Å². The summed E-state index contributed by atoms with van der Waals surface area (Å²) in [6.07, 6.45) is 4.87. The number of hydrogen-bond donors (Lipinski definition) is 1. The summed E-state index contributed by atoms with van der Waals surface area (Å²) in [6.45, 7) is 2.18. The zero-order valence-corrected chi connectivity index (χ0v) is 31.7. The number of fused-ring (bicyclic) bond motifs is 4. The topological polar surface area (TPSA) is 115 Å². The maximum atomic E-state index is 15.3. The molecule has 10 rings (SSSR count). The van der Waals surface area contributed by atoms with Crippen molar-refractivity contribution >= 4 is 34.1 Å². The molecule has 0 saturated carbocycles. The molecule has 6 heterocycles. The number of rotatable bonds is 7. The molecule has 1 fully saturated rings. The quantitative estimate of drug-likeness (QED) is 0.191. The lowest BCUT2D eigenvalue weighted by molar-refractivity contribution is 0.0193. The van der Waals surface area contributed by atoms with E-state index in [1.807, 2.05) is 48.3 Å². The van der Waals surface area contributed by atoms with Gasteiger partial charge in [0.25, 0.3) is 11.8 Å². The van der Waals surface area contributed by atoms with Gasteiger partial charge in [-0.1, -0.05) is 24.3 Å². The minimum Gasteiger partial charge on any atom is -0.508 e. The monoisotopic (exact) mass is 766 g/mol. The van der Waals surface area contributed by atoms with Crippen molar-refractivity contribution in [2.45, 2.75) is 44.8 Å². The molecule has 1 atom stereocenters. The molecule has 4 aliphatic heterocycles. The Morgan fingerprint density at radius 2 is 1.67 bits per heavy atom. The van der Waals surface area contributed by atoms with E-state index in [1.165, 1.54) is 5.56 Å². The van der Waals surface area contributed by atoms with Crippen LogP contribution < -0.4 is 14.4 Å². The Balaban J connectivity index is 1.10. The van der Waals surface area contributed by atoms with Gasteiger partial charge in [-0.3, -0.25) is 24.1 Å². The van der Waals surface area contributed by atoms with Gasteiger partial charge in [-0.05, 0) is 97.5 Å². The van der Waals surface area contributed by atoms with Gasteiger partial charge >= 0.3 is 0 Å². The van der Waals surface area contributed by atoms with Crippen molar-refractivity contribution in [1.82, 2.24) is 24.1 Å². The third-order valence-corrected chi connectivity index (χ3v) is 11.9. The Labute approximate surface area is 333 Å². The fourth-order valence-corrected chi connectivity index (χ4v) is 8.92. The van der Waals surface area contributed by atoms with Crippen molar-refractivity contribution in [3.05, 3.63) is 119 Å². The molecule has 2 aromatic heterocycles. The van der Waals surface area contributed by atoms with E-state index in [9.17, 15) is 5.11 Å². The molecule has 57 heavy (non-hydrogen) atoms. The fraction of sp³-hybridized carbons (Fsp3) is 0.311. The summed E-state index contributed by atoms with van der Waals surface area (Å²) in [4.78, 5) is 36.5. The molecule has 4 aromatic carbocycles. The first-order valence-corrected chi connectivity index (χ1v) is 19.6. The van der Waals surface area contributed by atoms with Crippen LogP contribution in [0.1, 0.15) is 53.1 Å². The molecule has 12 nitrogen and oxygen atoms in total. The largest absolute Gasteiger partial charge is 0.508 e. The molecule has 0 aliphatic carbocycles. The Kier molecular flexibility index (Phi) is 8.37. The lowest BCUT2D eigenvalue weighted by Gasteiger charge is -2.40. The zero-order chi connectivity index (χ0) is 40.4. The second-order valence-corrected chi connectivity index (χ2v) is 15.3. The van der Waals surface area contributed by atoms with Crippen molar-refractivity contribution in [2.75, 3.05) is 44.5 Å². The maximum Gasteiger partial charge on any atom is 0.264 e. The molecule has 1 saturated heterocycles. The number of ether oxygens (including phenoxy) is 3. The number of nitrogens with zero attached hydrogens (tertiary/aromatic N) is 6. The number of aryl methyl sites for hydroxylation is 1. The van der Waals surface area contributed by atoms with Crippen LogP contribution >= 0.6 is 0 Å². The summed E-state index contributed by atoms with van der Waals surface area (Å²) in [5, 5.41) is 15.5. The van der Waals surface area contributed by atoms with Gasteiger partial charge in [-0.15, -0.1) is 0 Å². The van der Waals surface area contributed by atoms with Gasteiger partial charge in [-0.25, -0.2) is 0 Å². The highest BCUT2D eigenvalue weighted by molar-refractivity contribution is 6.13. The minimum absolute atomic E-state index is 0.0844. The Bertz CT molecular complexity index is 2620. The molecule has 6 aromatic rings. The first-order chi connectivity index (χ1) is 28.6. The van der Waals surface area contributed by atoms with Gasteiger partial charge < -0.3 is 28.8 Å². The molecule has 0 bridgehead atoms. The van der Waals surface area contributed by atoms with Gasteiger partial charge in [0, 0.05) is 73.8 Å². The van der Waals surface area contributed by atoms with Crippen molar-refractivity contribution in [1.29, 1.82) is 0 Å². The summed E-state index contributed by atoms with van der Waals surface area (Å²) in [5.41, 5.74) is 7.33. The van der Waals surface area contributed by atoms with Gasteiger partial charge in [0.05, 0.1) is 41.7 Å². The van der Waals surface area contributed by atoms with E-state index in [1.54, 1.807) is 52.2 Å². The van der Waals surface area contributed by atoms with E-state index in [-0.39, 0.29) is 35.1 Å². The van der Waals surface area contributed by atoms with Crippen LogP contribution in [-0.2, 0) is 37.7 Å². The van der Waals surface area contributed by atoms with E-state index >= 15 is 9.59 Å². The Morgan fingerprint density at radius 1 is 0.895 bits per heavy atom. The van der Waals surface area contributed by atoms with Gasteiger partial charge in [0.2, 0.25) is 6.75 Å². The number of anilines is 2. The number of aromatic hydroxyl groups is 1. The van der Waals surface area contributed by atoms with Crippen molar-refractivity contribution in [3.63, 3.8) is 0 Å². The van der Waals surface area contributed by atoms with E-state index in [4.69, 9.17) is 17.0 Å². The van der Waals surface area contributed by atoms with Crippen LogP contribution in [0.5, 0.6) is 17.2 Å². The average molecular weight is 767 g/mol. The SMILES string of the molecule is [2H]C1([2H])Oc2cc(C(=O)N3Cc4ccccc4C[C@H]3CN3CCOCC3)c(-c3cc(C(=O)N(c4ccc(O)cc4)c4ccc5c(cnn5C)c4)c4n3CCCC4)cc2O1. The summed E-state index contributed by atoms with van der Waals surface area (Å²) in [7, 11) is 1.87. The van der Waals surface area contributed by atoms with E-state index in [2.05, 4.69) is 26.7 Å². The van der Waals surface area contributed by atoms with Crippen LogP contribution in [0.3, 0.4) is 0 Å². The van der Waals surface area contributed by atoms with Crippen LogP contribution in [0.2, 0.25) is 0 Å². The second-order valence-electron chi connectivity index (χ2n) is 15.3. The van der Waals surface area contributed by atoms with Crippen LogP contribution in [-0.4, -0.2) is 86.7 Å². The first-order valence-electron chi connectivity index (χ1n) is 20.6. The number of phenols is 1. The molecule has 2 amide bonds. The van der Waals surface area contributed by atoms with E-state index < -0.39 is 6.75 Å². The molecule has 1 N–H and O–H groups in total. The highest BCUT2D eigenvalue weighted by Crippen LogP contribution is 2.43. The predicted molar refractivity (Wildman–Crippen MR) is 215 cm³/mol. The second kappa shape index (κ2) is 14.4. The molecule has 290 valence electrons. The van der Waals surface area contributed by atoms with Crippen molar-refractivity contribution in [2.24, 2.45) is 7.05 Å². The molecule has 12 heteroatoms. The fourth-order valence-electron chi connectivity index (χ4n) is 8.92. The van der Waals surface area contributed by atoms with Gasteiger partial charge in [0.1, 0.15) is 8.49 Å². The predicted octanol–water partition coefficient (Wildman–Crippen LogP) is 6.69. The third kappa shape index (κ3) is 6.38. The number of aromatic nitrogens is 3. The van der Waals surface area contributed by atoms with Crippen molar-refractivity contribution in [3.8, 4) is 28.5 Å². The number of amides is 2. The first kappa shape index (κ1) is 33.1. The lowest BCUT2D eigenvalue weighted by atomic mass is 9.92. The standard InChI is InChI=1S/C45H44N6O6/c1-47-39-14-11-33(21-31(39)25-46-47)51(32-9-12-35(52)13-10-32)45(54)38-22-41(49-15-5-4-8-40(38)49)36-23-42-43(57-28-56-42)24-37(36)44(53)50-26-30-7-3-2-6-29(30)20-34(50)27-48-16-18-55-19-17-48/h2-3,6-7,9-14,21-25,34,52H,4-5,8,15-20,26-28H2,1H3/t34-/m0/s1/i28D2. The summed E-state index contributed by atoms with van der Waals surface area (Å²) in [6, 6.07) is 25.6. The van der Waals surface area contributed by atoms with Crippen LogP contribution in [0, 0.1) is 0 Å². The summed E-state index contributed by atoms with van der Waals surface area (Å²) in [5.74, 6) is -0.0538. The summed E-state index contributed by atoms with van der Waals surface area (Å²) < 4.78 is 37.4. The lowest BCUT2D eigenvalue weighted by Crippen LogP contribution is -2.52. The molecule has 4 aliphatic rings. The highest BCUT2D eigenvalue weighted by atomic mass is 16.7. The van der Waals surface area contributed by atoms with E-state index in [0.29, 0.717) is 79.4 Å². The molecule has 0 radical (unpaired) electrons. The zero-order valence-electron chi connectivity index (χ0n) is 33.7. The number of carbonyl (C=O) groups is 2. The molecular weight excluding hydrogens is 721 g/mol. The Morgan fingerprint density at radius 3 is 2.49 bits per heavy atom. The van der Waals surface area contributed by atoms with Crippen molar-refractivity contribution < 1.29 is 31.6 Å². The molecular formula is C45H44N6O6. The number of morpholine rings is 1. The molecule has 0 spiro atoms. The molecule has 0 unspecified atom stereocenters. The number of hydrogen-bond acceptors (Lipinski definition) is 8. The van der Waals surface area contributed by atoms with Gasteiger partial charge in [-0.2, -0.15) is 5.10 Å². The number of phenolic OH excluding ortho intramolecular Hbond substituents is 1. The normalized spacial score (nSPS) is 19.1. The van der Waals surface area contributed by atoms with Gasteiger partial charge in [0.15, 0.2) is 11.5 Å². The minimum atomic E-state index is -2.41. The third-order valence-electron chi connectivity index (χ3n) is 11.9. The maximum absolute atomic E-state index is 15.3. The number of benzene rings is 4. The average Bonchev–Trinajstić information content (AvgIpc) is 3.91. The summed E-state index contributed by atoms with van der Waals surface area (Å²) >= 11 is 0. The van der Waals surface area contributed by atoms with Crippen LogP contribution in [0.15, 0.2) is 91.1 Å². The number of carbonyl (C=O) groups excluding carboxylic acids is 2. The van der Waals surface area contributed by atoms with E-state index in [0.717, 1.165) is 48.1 Å². The Hall–Kier alpha value is -6.11.